The van der Waals surface area contributed by atoms with E-state index in [-0.39, 0.29) is 29.9 Å². The van der Waals surface area contributed by atoms with Gasteiger partial charge in [-0.05, 0) is 17.0 Å². The molecule has 26 heavy (non-hydrogen) atoms. The van der Waals surface area contributed by atoms with E-state index in [1.807, 2.05) is 47.8 Å². The Kier molecular flexibility index (Phi) is 6.10. The number of carbonyl (C=O) groups excluding carboxylic acids is 2. The summed E-state index contributed by atoms with van der Waals surface area (Å²) < 4.78 is 0. The molecule has 0 spiro atoms. The number of nitrogens with one attached hydrogen (secondary N) is 2. The van der Waals surface area contributed by atoms with E-state index in [4.69, 9.17) is 0 Å². The third kappa shape index (κ3) is 4.54. The molecule has 5 nitrogen and oxygen atoms in total. The van der Waals surface area contributed by atoms with Crippen LogP contribution in [0.1, 0.15) is 22.8 Å². The number of hydrogen-bond acceptors (Lipinski definition) is 5. The van der Waals surface area contributed by atoms with Gasteiger partial charge in [-0.3, -0.25) is 9.59 Å². The SMILES string of the molecule is N#CC1=C(SCC(=O)NCc2ccccc2)NC(=O)C[C@H]1c1cccs1. The highest BCUT2D eigenvalue weighted by molar-refractivity contribution is 8.03. The molecule has 1 aromatic carbocycles. The molecule has 1 aromatic heterocycles. The van der Waals surface area contributed by atoms with Crippen LogP contribution in [-0.2, 0) is 16.1 Å². The highest BCUT2D eigenvalue weighted by Crippen LogP contribution is 2.37. The minimum Gasteiger partial charge on any atom is -0.351 e. The molecule has 0 aliphatic carbocycles. The van der Waals surface area contributed by atoms with Crippen molar-refractivity contribution in [3.8, 4) is 6.07 Å². The summed E-state index contributed by atoms with van der Waals surface area (Å²) in [6, 6.07) is 15.7. The number of allylic oxidation sites excluding steroid dienone is 1. The second-order valence-corrected chi connectivity index (χ2v) is 7.69. The fourth-order valence-electron chi connectivity index (χ4n) is 2.65. The highest BCUT2D eigenvalue weighted by Gasteiger charge is 2.30. The Bertz CT molecular complexity index is 855. The number of amides is 2. The van der Waals surface area contributed by atoms with Gasteiger partial charge in [-0.2, -0.15) is 5.26 Å². The predicted octanol–water partition coefficient (Wildman–Crippen LogP) is 3.14. The van der Waals surface area contributed by atoms with Gasteiger partial charge in [-0.1, -0.05) is 48.2 Å². The zero-order valence-corrected chi connectivity index (χ0v) is 15.5. The average molecular weight is 383 g/mol. The lowest BCUT2D eigenvalue weighted by atomic mass is 9.93. The Morgan fingerprint density at radius 3 is 2.81 bits per heavy atom. The van der Waals surface area contributed by atoms with Gasteiger partial charge in [0.15, 0.2) is 0 Å². The van der Waals surface area contributed by atoms with E-state index < -0.39 is 0 Å². The summed E-state index contributed by atoms with van der Waals surface area (Å²) in [6.45, 7) is 0.453. The van der Waals surface area contributed by atoms with Crippen molar-refractivity contribution >= 4 is 34.9 Å². The third-order valence-corrected chi connectivity index (χ3v) is 5.93. The van der Waals surface area contributed by atoms with Gasteiger partial charge in [0.05, 0.1) is 22.4 Å². The molecule has 0 saturated carbocycles. The van der Waals surface area contributed by atoms with Crippen molar-refractivity contribution < 1.29 is 9.59 Å². The van der Waals surface area contributed by atoms with Gasteiger partial charge >= 0.3 is 0 Å². The minimum absolute atomic E-state index is 0.130. The number of thioether (sulfide) groups is 1. The quantitative estimate of drug-likeness (QED) is 0.803. The smallest absolute Gasteiger partial charge is 0.230 e. The second kappa shape index (κ2) is 8.70. The molecular weight excluding hydrogens is 366 g/mol. The van der Waals surface area contributed by atoms with Gasteiger partial charge in [0.25, 0.3) is 0 Å². The molecule has 3 rings (SSSR count). The van der Waals surface area contributed by atoms with E-state index in [1.165, 1.54) is 23.1 Å². The Morgan fingerprint density at radius 2 is 2.12 bits per heavy atom. The van der Waals surface area contributed by atoms with Gasteiger partial charge in [0.1, 0.15) is 0 Å². The van der Waals surface area contributed by atoms with Crippen LogP contribution in [0.3, 0.4) is 0 Å². The molecule has 0 radical (unpaired) electrons. The first-order valence-electron chi connectivity index (χ1n) is 8.08. The molecule has 1 atom stereocenters. The van der Waals surface area contributed by atoms with E-state index in [2.05, 4.69) is 16.7 Å². The van der Waals surface area contributed by atoms with Crippen LogP contribution in [0.2, 0.25) is 0 Å². The summed E-state index contributed by atoms with van der Waals surface area (Å²) in [5.41, 5.74) is 1.54. The molecule has 0 fully saturated rings. The Labute approximate surface area is 160 Å². The maximum atomic E-state index is 12.1. The topological polar surface area (TPSA) is 82.0 Å². The van der Waals surface area contributed by atoms with Crippen molar-refractivity contribution in [2.75, 3.05) is 5.75 Å². The minimum atomic E-state index is -0.233. The Hall–Kier alpha value is -2.56. The number of benzene rings is 1. The molecule has 0 bridgehead atoms. The lowest BCUT2D eigenvalue weighted by Crippen LogP contribution is -2.32. The van der Waals surface area contributed by atoms with E-state index in [9.17, 15) is 14.9 Å². The molecule has 7 heteroatoms. The summed E-state index contributed by atoms with van der Waals surface area (Å²) >= 11 is 2.72. The maximum Gasteiger partial charge on any atom is 0.230 e. The fourth-order valence-corrected chi connectivity index (χ4v) is 4.39. The van der Waals surface area contributed by atoms with Crippen molar-refractivity contribution in [2.45, 2.75) is 18.9 Å². The van der Waals surface area contributed by atoms with E-state index >= 15 is 0 Å². The number of rotatable bonds is 6. The summed E-state index contributed by atoms with van der Waals surface area (Å²) in [5, 5.41) is 17.6. The van der Waals surface area contributed by atoms with Gasteiger partial charge in [0, 0.05) is 23.8 Å². The van der Waals surface area contributed by atoms with Gasteiger partial charge in [-0.15, -0.1) is 11.3 Å². The van der Waals surface area contributed by atoms with Crippen LogP contribution in [0.15, 0.2) is 58.4 Å². The van der Waals surface area contributed by atoms with Crippen LogP contribution in [0, 0.1) is 11.3 Å². The third-order valence-electron chi connectivity index (χ3n) is 3.92. The first-order valence-corrected chi connectivity index (χ1v) is 9.95. The monoisotopic (exact) mass is 383 g/mol. The fraction of sp³-hybridized carbons (Fsp3) is 0.211. The van der Waals surface area contributed by atoms with Crippen molar-refractivity contribution in [3.63, 3.8) is 0 Å². The molecular formula is C19H17N3O2S2. The second-order valence-electron chi connectivity index (χ2n) is 5.73. The molecule has 2 heterocycles. The van der Waals surface area contributed by atoms with Gasteiger partial charge < -0.3 is 10.6 Å². The zero-order chi connectivity index (χ0) is 18.4. The molecule has 0 saturated heterocycles. The summed E-state index contributed by atoms with van der Waals surface area (Å²) in [5.74, 6) is -0.362. The molecule has 1 aliphatic heterocycles. The molecule has 2 N–H and O–H groups in total. The van der Waals surface area contributed by atoms with Crippen LogP contribution in [-0.4, -0.2) is 17.6 Å². The Morgan fingerprint density at radius 1 is 1.31 bits per heavy atom. The van der Waals surface area contributed by atoms with E-state index in [0.717, 1.165) is 10.4 Å². The maximum absolute atomic E-state index is 12.1. The van der Waals surface area contributed by atoms with Crippen molar-refractivity contribution in [2.24, 2.45) is 0 Å². The lowest BCUT2D eigenvalue weighted by molar-refractivity contribution is -0.121. The largest absolute Gasteiger partial charge is 0.351 e. The normalized spacial score (nSPS) is 16.7. The zero-order valence-electron chi connectivity index (χ0n) is 13.9. The van der Waals surface area contributed by atoms with Gasteiger partial charge in [-0.25, -0.2) is 0 Å². The summed E-state index contributed by atoms with van der Waals surface area (Å²) in [6.07, 6.45) is 0.258. The van der Waals surface area contributed by atoms with Crippen LogP contribution in [0.4, 0.5) is 0 Å². The van der Waals surface area contributed by atoms with Crippen molar-refractivity contribution in [3.05, 3.63) is 68.9 Å². The summed E-state index contributed by atoms with van der Waals surface area (Å²) in [4.78, 5) is 25.1. The van der Waals surface area contributed by atoms with Gasteiger partial charge in [0.2, 0.25) is 11.8 Å². The molecule has 2 amide bonds. The number of nitriles is 1. The first-order chi connectivity index (χ1) is 12.7. The van der Waals surface area contributed by atoms with Crippen LogP contribution in [0.5, 0.6) is 0 Å². The van der Waals surface area contributed by atoms with Crippen LogP contribution in [0.25, 0.3) is 0 Å². The molecule has 0 unspecified atom stereocenters. The van der Waals surface area contributed by atoms with Crippen molar-refractivity contribution in [1.82, 2.24) is 10.6 Å². The molecule has 132 valence electrons. The summed E-state index contributed by atoms with van der Waals surface area (Å²) in [7, 11) is 0. The first kappa shape index (κ1) is 18.2. The molecule has 2 aromatic rings. The molecule has 1 aliphatic rings. The van der Waals surface area contributed by atoms with E-state index in [0.29, 0.717) is 17.1 Å². The highest BCUT2D eigenvalue weighted by atomic mass is 32.2. The standard InChI is InChI=1S/C19H17N3O2S2/c20-10-15-14(16-7-4-8-25-16)9-17(23)22-19(15)26-12-18(24)21-11-13-5-2-1-3-6-13/h1-8,14H,9,11-12H2,(H,21,24)(H,22,23)/t14-/m1/s1. The average Bonchev–Trinajstić information content (AvgIpc) is 3.19. The number of thiophene rings is 1. The van der Waals surface area contributed by atoms with Crippen LogP contribution < -0.4 is 10.6 Å². The lowest BCUT2D eigenvalue weighted by Gasteiger charge is -2.23. The predicted molar refractivity (Wildman–Crippen MR) is 103 cm³/mol. The van der Waals surface area contributed by atoms with E-state index in [1.54, 1.807) is 0 Å². The number of carbonyl (C=O) groups is 2. The van der Waals surface area contributed by atoms with Crippen molar-refractivity contribution in [1.29, 1.82) is 5.26 Å². The van der Waals surface area contributed by atoms with Crippen LogP contribution >= 0.6 is 23.1 Å². The Balaban J connectivity index is 1.64. The number of hydrogen-bond donors (Lipinski definition) is 2. The number of nitrogens with zero attached hydrogens (tertiary/aromatic N) is 1.